The van der Waals surface area contributed by atoms with Gasteiger partial charge < -0.3 is 4.13 Å². The maximum absolute atomic E-state index is 12.9. The summed E-state index contributed by atoms with van der Waals surface area (Å²) in [5.41, 5.74) is -8.84. The number of halogens is 12. The minimum Gasteiger partial charge on any atom is -0.428 e. The standard InChI is InChI=1S/C16H6F12NO4S2.K/c17-13(18,19)7-1-8(14(20,21)22)4-11(3-7)34(30,31)29-35(32,33)12-5-9(15(23,24)25)2-10(6-12)16(26,27)28;/h1-6H;/q-1;+1. The van der Waals surface area contributed by atoms with Gasteiger partial charge in [0.15, 0.2) is 0 Å². The van der Waals surface area contributed by atoms with Gasteiger partial charge in [-0.3, -0.25) is 0 Å². The Balaban J connectivity index is 0.00000648. The molecule has 0 aliphatic carbocycles. The molecule has 0 aliphatic heterocycles. The van der Waals surface area contributed by atoms with Gasteiger partial charge in [-0.05, 0) is 36.4 Å². The van der Waals surface area contributed by atoms with Crippen LogP contribution in [-0.4, -0.2) is 16.8 Å². The molecule has 2 rings (SSSR count). The molecule has 196 valence electrons. The second-order valence-electron chi connectivity index (χ2n) is 6.51. The first kappa shape index (κ1) is 33.1. The van der Waals surface area contributed by atoms with Crippen molar-refractivity contribution < 1.29 is 121 Å². The average molecular weight is 607 g/mol. The van der Waals surface area contributed by atoms with Crippen molar-refractivity contribution in [2.45, 2.75) is 34.5 Å². The van der Waals surface area contributed by atoms with Gasteiger partial charge in [-0.2, -0.15) is 52.7 Å². The molecule has 0 saturated heterocycles. The van der Waals surface area contributed by atoms with E-state index in [9.17, 15) is 69.5 Å². The van der Waals surface area contributed by atoms with Crippen molar-refractivity contribution in [2.75, 3.05) is 0 Å². The van der Waals surface area contributed by atoms with Gasteiger partial charge in [-0.15, -0.1) is 0 Å². The van der Waals surface area contributed by atoms with Crippen LogP contribution in [0.2, 0.25) is 0 Å². The summed E-state index contributed by atoms with van der Waals surface area (Å²) in [7, 11) is -12.1. The molecule has 2 aromatic carbocycles. The molecule has 0 N–H and O–H groups in total. The van der Waals surface area contributed by atoms with Crippen LogP contribution in [0.15, 0.2) is 46.2 Å². The van der Waals surface area contributed by atoms with Gasteiger partial charge in [-0.1, -0.05) is 0 Å². The van der Waals surface area contributed by atoms with Crippen LogP contribution in [0.5, 0.6) is 0 Å². The summed E-state index contributed by atoms with van der Waals surface area (Å²) in [6, 6.07) is -2.83. The summed E-state index contributed by atoms with van der Waals surface area (Å²) >= 11 is 0. The summed E-state index contributed by atoms with van der Waals surface area (Å²) in [5.74, 6) is 0. The van der Waals surface area contributed by atoms with E-state index in [2.05, 4.69) is 0 Å². The van der Waals surface area contributed by atoms with Crippen LogP contribution in [0.1, 0.15) is 22.3 Å². The van der Waals surface area contributed by atoms with Crippen LogP contribution in [0.25, 0.3) is 4.13 Å². The minimum absolute atomic E-state index is 0. The Morgan fingerprint density at radius 2 is 0.639 bits per heavy atom. The number of rotatable bonds is 4. The van der Waals surface area contributed by atoms with Crippen molar-refractivity contribution in [3.63, 3.8) is 0 Å². The summed E-state index contributed by atoms with van der Waals surface area (Å²) in [4.78, 5) is -3.99. The fourth-order valence-electron chi connectivity index (χ4n) is 2.37. The minimum atomic E-state index is -6.05. The third-order valence-corrected chi connectivity index (χ3v) is 7.15. The van der Waals surface area contributed by atoms with Crippen LogP contribution in [0.3, 0.4) is 0 Å². The molecule has 2 aromatic rings. The third kappa shape index (κ3) is 8.05. The quantitative estimate of drug-likeness (QED) is 0.395. The Kier molecular flexibility index (Phi) is 9.52. The number of alkyl halides is 12. The monoisotopic (exact) mass is 607 g/mol. The summed E-state index contributed by atoms with van der Waals surface area (Å²) < 4.78 is 206. The molecule has 5 nitrogen and oxygen atoms in total. The van der Waals surface area contributed by atoms with Crippen molar-refractivity contribution in [3.8, 4) is 0 Å². The molecule has 20 heteroatoms. The Labute approximate surface area is 236 Å². The van der Waals surface area contributed by atoms with E-state index in [4.69, 9.17) is 0 Å². The van der Waals surface area contributed by atoms with Gasteiger partial charge in [0.2, 0.25) is 0 Å². The fourth-order valence-corrected chi connectivity index (χ4v) is 5.19. The molecule has 0 amide bonds. The summed E-state index contributed by atoms with van der Waals surface area (Å²) in [6.07, 6.45) is -22.3. The van der Waals surface area contributed by atoms with Crippen LogP contribution in [0.4, 0.5) is 52.7 Å². The van der Waals surface area contributed by atoms with Crippen molar-refractivity contribution in [3.05, 3.63) is 62.8 Å². The first-order chi connectivity index (χ1) is 15.3. The zero-order valence-electron chi connectivity index (χ0n) is 16.9. The molecule has 0 aliphatic rings. The van der Waals surface area contributed by atoms with Crippen molar-refractivity contribution in [1.29, 1.82) is 0 Å². The van der Waals surface area contributed by atoms with E-state index in [1.165, 1.54) is 0 Å². The Bertz CT molecular complexity index is 1180. The van der Waals surface area contributed by atoms with E-state index in [1.807, 2.05) is 4.13 Å². The average Bonchev–Trinajstić information content (AvgIpc) is 2.63. The molecule has 0 saturated carbocycles. The maximum Gasteiger partial charge on any atom is 1.00 e. The fraction of sp³-hybridized carbons (Fsp3) is 0.250. The molecule has 0 bridgehead atoms. The zero-order valence-corrected chi connectivity index (χ0v) is 21.7. The largest absolute Gasteiger partial charge is 1.00 e. The maximum atomic E-state index is 12.9. The van der Waals surface area contributed by atoms with Crippen LogP contribution >= 0.6 is 0 Å². The van der Waals surface area contributed by atoms with E-state index in [0.717, 1.165) is 0 Å². The molecule has 0 spiro atoms. The van der Waals surface area contributed by atoms with Crippen LogP contribution < -0.4 is 51.4 Å². The Morgan fingerprint density at radius 1 is 0.444 bits per heavy atom. The Hall–Kier alpha value is -0.904. The van der Waals surface area contributed by atoms with Crippen molar-refractivity contribution in [2.24, 2.45) is 0 Å². The SMILES string of the molecule is O=S(=O)([N-]S(=O)(=O)c1cc(C(F)(F)F)cc(C(F)(F)F)c1)c1cc(C(F)(F)F)cc(C(F)(F)F)c1.[K+]. The van der Waals surface area contributed by atoms with Gasteiger partial charge in [-0.25, -0.2) is 16.8 Å². The third-order valence-electron chi connectivity index (χ3n) is 3.91. The van der Waals surface area contributed by atoms with E-state index in [-0.39, 0.29) is 51.4 Å². The van der Waals surface area contributed by atoms with Gasteiger partial charge in [0, 0.05) is 0 Å². The van der Waals surface area contributed by atoms with Gasteiger partial charge in [0.25, 0.3) is 0 Å². The smallest absolute Gasteiger partial charge is 0.428 e. The predicted molar refractivity (Wildman–Crippen MR) is 90.6 cm³/mol. The first-order valence-electron chi connectivity index (χ1n) is 8.17. The summed E-state index contributed by atoms with van der Waals surface area (Å²) in [6.45, 7) is 0. The van der Waals surface area contributed by atoms with Crippen molar-refractivity contribution >= 4 is 20.0 Å². The van der Waals surface area contributed by atoms with E-state index < -0.39 is 113 Å². The number of benzene rings is 2. The Morgan fingerprint density at radius 3 is 0.806 bits per heavy atom. The normalized spacial score (nSPS) is 13.9. The van der Waals surface area contributed by atoms with Crippen molar-refractivity contribution in [1.82, 2.24) is 0 Å². The number of sulfonamides is 2. The molecular weight excluding hydrogens is 601 g/mol. The zero-order chi connectivity index (χ0) is 27.4. The molecule has 0 heterocycles. The molecule has 0 radical (unpaired) electrons. The van der Waals surface area contributed by atoms with Crippen LogP contribution in [-0.2, 0) is 44.8 Å². The summed E-state index contributed by atoms with van der Waals surface area (Å²) in [5, 5.41) is 0. The molecule has 36 heavy (non-hydrogen) atoms. The van der Waals surface area contributed by atoms with Gasteiger partial charge in [0.1, 0.15) is 20.0 Å². The number of nitrogens with zero attached hydrogens (tertiary/aromatic N) is 1. The van der Waals surface area contributed by atoms with Gasteiger partial charge >= 0.3 is 76.1 Å². The predicted octanol–water partition coefficient (Wildman–Crippen LogP) is 3.22. The molecule has 0 fully saturated rings. The molecular formula is C16H6F12KNO4S2. The molecule has 0 aromatic heterocycles. The van der Waals surface area contributed by atoms with E-state index in [1.54, 1.807) is 0 Å². The first-order valence-corrected chi connectivity index (χ1v) is 11.1. The molecule has 0 unspecified atom stereocenters. The van der Waals surface area contributed by atoms with E-state index >= 15 is 0 Å². The van der Waals surface area contributed by atoms with E-state index in [0.29, 0.717) is 0 Å². The topological polar surface area (TPSA) is 82.4 Å². The molecule has 0 atom stereocenters. The number of hydrogen-bond acceptors (Lipinski definition) is 4. The second-order valence-corrected chi connectivity index (χ2v) is 9.95. The second kappa shape index (κ2) is 10.3. The van der Waals surface area contributed by atoms with Crippen LogP contribution in [0, 0.1) is 0 Å². The van der Waals surface area contributed by atoms with Gasteiger partial charge in [0.05, 0.1) is 32.0 Å². The number of hydrogen-bond donors (Lipinski definition) is 0.